The molecule has 0 aromatic carbocycles. The molecule has 132 valence electrons. The highest BCUT2D eigenvalue weighted by atomic mass is 16.7. The fourth-order valence-corrected chi connectivity index (χ4v) is 3.66. The fraction of sp³-hybridized carbons (Fsp3) is 0.647. The molecule has 2 fully saturated rings. The van der Waals surface area contributed by atoms with Gasteiger partial charge in [-0.1, -0.05) is 6.08 Å². The summed E-state index contributed by atoms with van der Waals surface area (Å²) in [5.41, 5.74) is 0.0683. The van der Waals surface area contributed by atoms with Gasteiger partial charge < -0.3 is 24.3 Å². The number of hydrogen-bond acceptors (Lipinski definition) is 6. The van der Waals surface area contributed by atoms with Gasteiger partial charge in [0.25, 0.3) is 6.29 Å². The molecule has 0 radical (unpaired) electrons. The Morgan fingerprint density at radius 3 is 3.04 bits per heavy atom. The molecular weight excluding hydrogens is 314 g/mol. The predicted octanol–water partition coefficient (Wildman–Crippen LogP) is 1.89. The summed E-state index contributed by atoms with van der Waals surface area (Å²) in [7, 11) is 1.48. The number of ether oxygens (including phenoxy) is 4. The molecule has 7 nitrogen and oxygen atoms in total. The third-order valence-corrected chi connectivity index (χ3v) is 5.01. The van der Waals surface area contributed by atoms with Gasteiger partial charge >= 0.3 is 12.1 Å². The van der Waals surface area contributed by atoms with Crippen molar-refractivity contribution in [3.63, 3.8) is 0 Å². The molecule has 0 aromatic heterocycles. The molecule has 2 aliphatic heterocycles. The van der Waals surface area contributed by atoms with Crippen LogP contribution in [0.2, 0.25) is 0 Å². The van der Waals surface area contributed by atoms with Crippen molar-refractivity contribution >= 4 is 12.1 Å². The molecule has 1 amide bonds. The lowest BCUT2D eigenvalue weighted by Gasteiger charge is -2.35. The zero-order valence-electron chi connectivity index (χ0n) is 13.9. The molecule has 24 heavy (non-hydrogen) atoms. The van der Waals surface area contributed by atoms with E-state index in [1.54, 1.807) is 6.08 Å². The van der Waals surface area contributed by atoms with Crippen LogP contribution in [0.5, 0.6) is 0 Å². The number of unbranched alkanes of at least 4 members (excludes halogenated alkanes) is 1. The lowest BCUT2D eigenvalue weighted by molar-refractivity contribution is -0.152. The Hall–Kier alpha value is -2.02. The maximum absolute atomic E-state index is 12.4. The van der Waals surface area contributed by atoms with Gasteiger partial charge in [-0.3, -0.25) is 0 Å². The number of esters is 1. The quantitative estimate of drug-likeness (QED) is 0.345. The van der Waals surface area contributed by atoms with Crippen molar-refractivity contribution in [3.8, 4) is 0 Å². The topological polar surface area (TPSA) is 86.4 Å². The Kier molecular flexibility index (Phi) is 4.54. The maximum atomic E-state index is 12.4. The molecule has 0 spiro atoms. The van der Waals surface area contributed by atoms with Crippen LogP contribution < -0.4 is 5.32 Å². The zero-order chi connectivity index (χ0) is 17.3. The lowest BCUT2D eigenvalue weighted by Crippen LogP contribution is -2.44. The number of epoxide rings is 1. The van der Waals surface area contributed by atoms with Crippen LogP contribution in [-0.4, -0.2) is 43.7 Å². The number of hydrogen-bond donors (Lipinski definition) is 1. The van der Waals surface area contributed by atoms with Crippen molar-refractivity contribution in [2.45, 2.75) is 44.2 Å². The zero-order valence-corrected chi connectivity index (χ0v) is 13.9. The lowest BCUT2D eigenvalue weighted by atomic mass is 9.82. The number of allylic oxidation sites excluding steroid dienone is 1. The monoisotopic (exact) mass is 337 g/mol. The minimum absolute atomic E-state index is 0.0574. The molecule has 0 unspecified atom stereocenters. The van der Waals surface area contributed by atoms with Crippen molar-refractivity contribution in [2.24, 2.45) is 11.8 Å². The number of carbonyl (C=O) groups is 2. The second kappa shape index (κ2) is 6.47. The van der Waals surface area contributed by atoms with Crippen LogP contribution in [0.15, 0.2) is 24.5 Å². The van der Waals surface area contributed by atoms with E-state index in [-0.39, 0.29) is 23.9 Å². The van der Waals surface area contributed by atoms with Gasteiger partial charge in [0.2, 0.25) is 0 Å². The Labute approximate surface area is 141 Å². The van der Waals surface area contributed by atoms with Gasteiger partial charge in [0, 0.05) is 13.0 Å². The number of alkyl carbamates (subject to hydrolysis) is 1. The molecule has 3 aliphatic rings. The average molecular weight is 337 g/mol. The van der Waals surface area contributed by atoms with Gasteiger partial charge in [0.05, 0.1) is 30.5 Å². The standard InChI is InChI=1S/C17H23NO6/c1-4-5-6-7-21-14(19)11-9-22-15(23-16(20)18-3)13-10(11)8-12-17(13,2)24-12/h4,9-10,12-13,15H,1,5-8H2,2-3H3,(H,18,20)/t10-,12+,13-,15+,17+/m1/s1. The van der Waals surface area contributed by atoms with E-state index < -0.39 is 18.0 Å². The molecule has 7 heteroatoms. The molecule has 1 aliphatic carbocycles. The van der Waals surface area contributed by atoms with E-state index in [2.05, 4.69) is 11.9 Å². The van der Waals surface area contributed by atoms with Crippen LogP contribution in [0.25, 0.3) is 0 Å². The molecule has 1 saturated carbocycles. The molecule has 3 rings (SSSR count). The molecule has 1 N–H and O–H groups in total. The number of amides is 1. The first-order chi connectivity index (χ1) is 11.5. The second-order valence-electron chi connectivity index (χ2n) is 6.46. The van der Waals surface area contributed by atoms with Gasteiger partial charge in [-0.2, -0.15) is 0 Å². The molecule has 1 saturated heterocycles. The van der Waals surface area contributed by atoms with E-state index in [9.17, 15) is 9.59 Å². The van der Waals surface area contributed by atoms with Crippen molar-refractivity contribution in [1.29, 1.82) is 0 Å². The van der Waals surface area contributed by atoms with Gasteiger partial charge in [0.1, 0.15) is 5.60 Å². The number of fused-ring (bicyclic) bond motifs is 3. The summed E-state index contributed by atoms with van der Waals surface area (Å²) in [5, 5.41) is 2.40. The first-order valence-electron chi connectivity index (χ1n) is 8.21. The van der Waals surface area contributed by atoms with E-state index >= 15 is 0 Å². The fourth-order valence-electron chi connectivity index (χ4n) is 3.66. The first-order valence-corrected chi connectivity index (χ1v) is 8.21. The Morgan fingerprint density at radius 2 is 2.33 bits per heavy atom. The Bertz CT molecular complexity index is 573. The summed E-state index contributed by atoms with van der Waals surface area (Å²) in [6.45, 7) is 5.94. The summed E-state index contributed by atoms with van der Waals surface area (Å²) in [6, 6.07) is 0. The smallest absolute Gasteiger partial charge is 0.409 e. The highest BCUT2D eigenvalue weighted by molar-refractivity contribution is 5.89. The predicted molar refractivity (Wildman–Crippen MR) is 83.8 cm³/mol. The van der Waals surface area contributed by atoms with Crippen LogP contribution in [0, 0.1) is 11.8 Å². The number of carbonyl (C=O) groups excluding carboxylic acids is 2. The van der Waals surface area contributed by atoms with Crippen LogP contribution in [-0.2, 0) is 23.7 Å². The number of nitrogens with one attached hydrogen (secondary N) is 1. The van der Waals surface area contributed by atoms with Crippen molar-refractivity contribution in [1.82, 2.24) is 5.32 Å². The molecule has 5 atom stereocenters. The highest BCUT2D eigenvalue weighted by Crippen LogP contribution is 2.61. The molecule has 0 bridgehead atoms. The Balaban J connectivity index is 1.70. The third-order valence-electron chi connectivity index (χ3n) is 5.01. The van der Waals surface area contributed by atoms with E-state index in [1.165, 1.54) is 13.3 Å². The molecule has 0 aromatic rings. The van der Waals surface area contributed by atoms with E-state index in [0.717, 1.165) is 12.8 Å². The third kappa shape index (κ3) is 2.88. The summed E-state index contributed by atoms with van der Waals surface area (Å²) < 4.78 is 21.9. The largest absolute Gasteiger partial charge is 0.462 e. The average Bonchev–Trinajstić information content (AvgIpc) is 3.12. The van der Waals surface area contributed by atoms with E-state index in [1.807, 2.05) is 6.92 Å². The van der Waals surface area contributed by atoms with E-state index in [4.69, 9.17) is 18.9 Å². The highest BCUT2D eigenvalue weighted by Gasteiger charge is 2.71. The van der Waals surface area contributed by atoms with Crippen LogP contribution in [0.4, 0.5) is 4.79 Å². The summed E-state index contributed by atoms with van der Waals surface area (Å²) >= 11 is 0. The van der Waals surface area contributed by atoms with Crippen molar-refractivity contribution in [3.05, 3.63) is 24.5 Å². The van der Waals surface area contributed by atoms with Crippen LogP contribution >= 0.6 is 0 Å². The maximum Gasteiger partial charge on any atom is 0.409 e. The summed E-state index contributed by atoms with van der Waals surface area (Å²) in [4.78, 5) is 23.9. The first kappa shape index (κ1) is 16.8. The van der Waals surface area contributed by atoms with Crippen molar-refractivity contribution in [2.75, 3.05) is 13.7 Å². The number of rotatable bonds is 6. The van der Waals surface area contributed by atoms with Gasteiger partial charge in [-0.25, -0.2) is 9.59 Å². The molecule has 2 heterocycles. The van der Waals surface area contributed by atoms with Crippen LogP contribution in [0.3, 0.4) is 0 Å². The molecular formula is C17H23NO6. The van der Waals surface area contributed by atoms with Crippen molar-refractivity contribution < 1.29 is 28.5 Å². The van der Waals surface area contributed by atoms with Gasteiger partial charge in [0.15, 0.2) is 0 Å². The van der Waals surface area contributed by atoms with Gasteiger partial charge in [-0.05, 0) is 26.2 Å². The minimum Gasteiger partial charge on any atom is -0.462 e. The second-order valence-corrected chi connectivity index (χ2v) is 6.46. The Morgan fingerprint density at radius 1 is 1.54 bits per heavy atom. The van der Waals surface area contributed by atoms with Gasteiger partial charge in [-0.15, -0.1) is 6.58 Å². The van der Waals surface area contributed by atoms with E-state index in [0.29, 0.717) is 18.6 Å². The SMILES string of the molecule is C=CCCCOC(=O)C1=CO[C@@H](OC(=O)NC)[C@H]2[C@@H]1C[C@@H]1O[C@]21C. The summed E-state index contributed by atoms with van der Waals surface area (Å²) in [6.07, 6.45) is 4.11. The van der Waals surface area contributed by atoms with Crippen LogP contribution in [0.1, 0.15) is 26.2 Å². The minimum atomic E-state index is -0.773. The normalized spacial score (nSPS) is 35.7. The summed E-state index contributed by atoms with van der Waals surface area (Å²) in [5.74, 6) is -0.693.